The molecule has 172 valence electrons. The fraction of sp³-hybridized carbons (Fsp3) is 0.227. The quantitative estimate of drug-likeness (QED) is 0.408. The second-order valence-corrected chi connectivity index (χ2v) is 7.45. The van der Waals surface area contributed by atoms with Gasteiger partial charge in [0.05, 0.1) is 18.1 Å². The number of piperazine rings is 1. The van der Waals surface area contributed by atoms with Crippen LogP contribution >= 0.6 is 0 Å². The lowest BCUT2D eigenvalue weighted by atomic mass is 10.1. The molecule has 12 heteroatoms. The van der Waals surface area contributed by atoms with E-state index in [2.05, 4.69) is 30.6 Å². The van der Waals surface area contributed by atoms with Crippen LogP contribution in [0.3, 0.4) is 0 Å². The Balaban J connectivity index is 1.49. The third-order valence-electron chi connectivity index (χ3n) is 5.21. The molecule has 2 aromatic heterocycles. The number of nitriles is 1. The van der Waals surface area contributed by atoms with Crippen LogP contribution < -0.4 is 16.4 Å². The first-order valence-electron chi connectivity index (χ1n) is 10.4. The Morgan fingerprint density at radius 2 is 1.85 bits per heavy atom. The van der Waals surface area contributed by atoms with Crippen molar-refractivity contribution < 1.29 is 14.7 Å². The first-order valence-corrected chi connectivity index (χ1v) is 10.4. The van der Waals surface area contributed by atoms with Gasteiger partial charge in [-0.25, -0.2) is 24.7 Å². The third-order valence-corrected chi connectivity index (χ3v) is 5.21. The number of carbonyl (C=O) groups excluding carboxylic acids is 1. The summed E-state index contributed by atoms with van der Waals surface area (Å²) in [7, 11) is 0. The maximum absolute atomic E-state index is 12.8. The smallest absolute Gasteiger partial charge is 0.358 e. The van der Waals surface area contributed by atoms with Gasteiger partial charge in [0.15, 0.2) is 28.7 Å². The maximum Gasteiger partial charge on any atom is 0.358 e. The highest BCUT2D eigenvalue weighted by Crippen LogP contribution is 2.21. The highest BCUT2D eigenvalue weighted by molar-refractivity contribution is 5.97. The minimum atomic E-state index is -1.28. The van der Waals surface area contributed by atoms with Crippen molar-refractivity contribution >= 4 is 23.5 Å². The molecule has 0 atom stereocenters. The zero-order valence-electron chi connectivity index (χ0n) is 18.0. The molecule has 4 rings (SSSR count). The normalized spacial score (nSPS) is 13.2. The van der Waals surface area contributed by atoms with Crippen molar-refractivity contribution in [2.75, 3.05) is 37.2 Å². The van der Waals surface area contributed by atoms with Gasteiger partial charge in [0.1, 0.15) is 6.07 Å². The van der Waals surface area contributed by atoms with E-state index in [1.165, 1.54) is 12.4 Å². The summed E-state index contributed by atoms with van der Waals surface area (Å²) >= 11 is 0. The molecular weight excluding hydrogens is 438 g/mol. The monoisotopic (exact) mass is 459 g/mol. The SMILES string of the molecule is N#Cc1cnc(NCc2ccc(-c3cnc(N)c(C(=O)N4CCNCC4)n3)cc2)c(C(=O)O)n1. The predicted octanol–water partition coefficient (Wildman–Crippen LogP) is 0.743. The molecule has 0 unspecified atom stereocenters. The van der Waals surface area contributed by atoms with Crippen LogP contribution in [0.4, 0.5) is 11.6 Å². The van der Waals surface area contributed by atoms with Gasteiger partial charge in [-0.1, -0.05) is 24.3 Å². The topological polar surface area (TPSA) is 183 Å². The third kappa shape index (κ3) is 4.89. The summed E-state index contributed by atoms with van der Waals surface area (Å²) in [6.07, 6.45) is 2.72. The fourth-order valence-electron chi connectivity index (χ4n) is 3.41. The summed E-state index contributed by atoms with van der Waals surface area (Å²) < 4.78 is 0. The summed E-state index contributed by atoms with van der Waals surface area (Å²) in [5.74, 6) is -1.37. The number of hydrogen-bond acceptors (Lipinski definition) is 10. The molecule has 0 radical (unpaired) electrons. The number of rotatable bonds is 6. The van der Waals surface area contributed by atoms with Gasteiger partial charge in [0.2, 0.25) is 0 Å². The van der Waals surface area contributed by atoms with Gasteiger partial charge in [-0.05, 0) is 5.56 Å². The molecule has 12 nitrogen and oxygen atoms in total. The summed E-state index contributed by atoms with van der Waals surface area (Å²) in [4.78, 5) is 42.3. The van der Waals surface area contributed by atoms with Gasteiger partial charge in [0.25, 0.3) is 5.91 Å². The van der Waals surface area contributed by atoms with E-state index < -0.39 is 5.97 Å². The van der Waals surface area contributed by atoms with E-state index in [0.717, 1.165) is 24.2 Å². The molecule has 0 saturated carbocycles. The van der Waals surface area contributed by atoms with E-state index in [9.17, 15) is 14.7 Å². The standard InChI is InChI=1S/C22H21N9O3/c23-9-15-11-28-20(18(29-15)22(33)34)27-10-13-1-3-14(4-2-13)16-12-26-19(24)17(30-16)21(32)31-7-5-25-6-8-31/h1-4,11-12,25H,5-8,10H2,(H2,24,26)(H,27,28)(H,33,34). The van der Waals surface area contributed by atoms with Crippen LogP contribution in [0.5, 0.6) is 0 Å². The number of benzene rings is 1. The number of carbonyl (C=O) groups is 2. The molecule has 0 bridgehead atoms. The van der Waals surface area contributed by atoms with Crippen LogP contribution in [-0.2, 0) is 6.54 Å². The Labute approximate surface area is 194 Å². The number of nitrogens with two attached hydrogens (primary N) is 1. The highest BCUT2D eigenvalue weighted by Gasteiger charge is 2.22. The van der Waals surface area contributed by atoms with Crippen LogP contribution in [0.1, 0.15) is 32.2 Å². The fourth-order valence-corrected chi connectivity index (χ4v) is 3.41. The molecule has 1 aromatic carbocycles. The number of aromatic nitrogens is 4. The lowest BCUT2D eigenvalue weighted by molar-refractivity contribution is 0.0689. The van der Waals surface area contributed by atoms with Gasteiger partial charge in [-0.2, -0.15) is 5.26 Å². The molecule has 0 spiro atoms. The number of hydrogen-bond donors (Lipinski definition) is 4. The number of nitrogens with one attached hydrogen (secondary N) is 2. The second-order valence-electron chi connectivity index (χ2n) is 7.45. The molecule has 5 N–H and O–H groups in total. The Morgan fingerprint density at radius 1 is 1.12 bits per heavy atom. The van der Waals surface area contributed by atoms with Gasteiger partial charge >= 0.3 is 5.97 Å². The zero-order valence-corrected chi connectivity index (χ0v) is 18.0. The van der Waals surface area contributed by atoms with E-state index in [0.29, 0.717) is 18.8 Å². The average Bonchev–Trinajstić information content (AvgIpc) is 2.88. The van der Waals surface area contributed by atoms with Crippen molar-refractivity contribution in [2.24, 2.45) is 0 Å². The summed E-state index contributed by atoms with van der Waals surface area (Å²) in [5, 5.41) is 24.3. The second kappa shape index (κ2) is 9.88. The van der Waals surface area contributed by atoms with Crippen LogP contribution in [0.25, 0.3) is 11.3 Å². The lowest BCUT2D eigenvalue weighted by Crippen LogP contribution is -2.46. The Morgan fingerprint density at radius 3 is 2.53 bits per heavy atom. The average molecular weight is 459 g/mol. The van der Waals surface area contributed by atoms with Crippen LogP contribution in [0.2, 0.25) is 0 Å². The minimum absolute atomic E-state index is 0.0658. The number of nitrogen functional groups attached to an aromatic ring is 1. The number of amides is 1. The van der Waals surface area contributed by atoms with Gasteiger partial charge in [-0.3, -0.25) is 4.79 Å². The minimum Gasteiger partial charge on any atom is -0.476 e. The summed E-state index contributed by atoms with van der Waals surface area (Å²) in [6, 6.07) is 9.06. The molecular formula is C22H21N9O3. The van der Waals surface area contributed by atoms with Crippen molar-refractivity contribution in [3.63, 3.8) is 0 Å². The first kappa shape index (κ1) is 22.6. The Hall–Kier alpha value is -4.63. The van der Waals surface area contributed by atoms with E-state index in [1.54, 1.807) is 11.0 Å². The Kier molecular flexibility index (Phi) is 6.56. The van der Waals surface area contributed by atoms with Gasteiger partial charge < -0.3 is 26.4 Å². The molecule has 1 aliphatic rings. The molecule has 1 aliphatic heterocycles. The van der Waals surface area contributed by atoms with Crippen molar-refractivity contribution in [2.45, 2.75) is 6.54 Å². The lowest BCUT2D eigenvalue weighted by Gasteiger charge is -2.27. The number of carboxylic acid groups (broad SMARTS) is 1. The predicted molar refractivity (Wildman–Crippen MR) is 122 cm³/mol. The van der Waals surface area contributed by atoms with Crippen molar-refractivity contribution in [1.82, 2.24) is 30.2 Å². The number of aromatic carboxylic acids is 1. The number of carboxylic acids is 1. The molecule has 0 aliphatic carbocycles. The van der Waals surface area contributed by atoms with Crippen LogP contribution in [0.15, 0.2) is 36.7 Å². The molecule has 34 heavy (non-hydrogen) atoms. The molecule has 3 heterocycles. The maximum atomic E-state index is 12.8. The summed E-state index contributed by atoms with van der Waals surface area (Å²) in [5.41, 5.74) is 7.76. The van der Waals surface area contributed by atoms with E-state index in [1.807, 2.05) is 24.3 Å². The number of nitrogens with zero attached hydrogens (tertiary/aromatic N) is 6. The van der Waals surface area contributed by atoms with Crippen molar-refractivity contribution in [3.8, 4) is 17.3 Å². The molecule has 1 amide bonds. The van der Waals surface area contributed by atoms with Crippen LogP contribution in [-0.4, -0.2) is 68.0 Å². The van der Waals surface area contributed by atoms with Gasteiger partial charge in [-0.15, -0.1) is 0 Å². The van der Waals surface area contributed by atoms with Gasteiger partial charge in [0, 0.05) is 38.3 Å². The summed E-state index contributed by atoms with van der Waals surface area (Å²) in [6.45, 7) is 2.88. The largest absolute Gasteiger partial charge is 0.476 e. The van der Waals surface area contributed by atoms with E-state index in [-0.39, 0.29) is 41.2 Å². The molecule has 3 aromatic rings. The van der Waals surface area contributed by atoms with Crippen LogP contribution in [0, 0.1) is 11.3 Å². The number of anilines is 2. The highest BCUT2D eigenvalue weighted by atomic mass is 16.4. The Bertz CT molecular complexity index is 1270. The molecule has 1 saturated heterocycles. The molecule has 1 fully saturated rings. The first-order chi connectivity index (χ1) is 16.5. The van der Waals surface area contributed by atoms with Crippen molar-refractivity contribution in [1.29, 1.82) is 5.26 Å². The van der Waals surface area contributed by atoms with E-state index in [4.69, 9.17) is 11.0 Å². The van der Waals surface area contributed by atoms with E-state index >= 15 is 0 Å². The van der Waals surface area contributed by atoms with Crippen molar-refractivity contribution in [3.05, 3.63) is 59.3 Å². The zero-order chi connectivity index (χ0) is 24.1.